The molecule has 2 rings (SSSR count). The Morgan fingerprint density at radius 2 is 2.23 bits per heavy atom. The lowest BCUT2D eigenvalue weighted by Gasteiger charge is -2.00. The zero-order chi connectivity index (χ0) is 9.42. The molecule has 2 heterocycles. The molecule has 1 aromatic heterocycles. The smallest absolute Gasteiger partial charge is 0.293 e. The summed E-state index contributed by atoms with van der Waals surface area (Å²) in [4.78, 5) is 13.8. The minimum absolute atomic E-state index is 0.0123. The largest absolute Gasteiger partial charge is 0.383 e. The summed E-state index contributed by atoms with van der Waals surface area (Å²) in [6, 6.07) is 0. The molecule has 0 bridgehead atoms. The Hall–Kier alpha value is -1.69. The van der Waals surface area contributed by atoms with Gasteiger partial charge in [-0.1, -0.05) is 0 Å². The highest BCUT2D eigenvalue weighted by molar-refractivity contribution is 5.54. The van der Waals surface area contributed by atoms with Gasteiger partial charge in [-0.15, -0.1) is 0 Å². The third kappa shape index (κ3) is 1.11. The maximum atomic E-state index is 10.5. The van der Waals surface area contributed by atoms with Gasteiger partial charge in [0, 0.05) is 5.56 Å². The van der Waals surface area contributed by atoms with Crippen molar-refractivity contribution < 1.29 is 9.66 Å². The van der Waals surface area contributed by atoms with Gasteiger partial charge in [0.25, 0.3) is 5.69 Å². The third-order valence-electron chi connectivity index (χ3n) is 2.00. The van der Waals surface area contributed by atoms with Gasteiger partial charge in [0.2, 0.25) is 0 Å². The zero-order valence-corrected chi connectivity index (χ0v) is 6.69. The number of ether oxygens (including phenoxy) is 1. The summed E-state index contributed by atoms with van der Waals surface area (Å²) in [6.07, 6.45) is 1.17. The van der Waals surface area contributed by atoms with Crippen molar-refractivity contribution in [2.45, 2.75) is 13.2 Å². The third-order valence-corrected chi connectivity index (χ3v) is 2.00. The molecule has 0 aromatic carbocycles. The van der Waals surface area contributed by atoms with Crippen LogP contribution in [0.3, 0.4) is 0 Å². The van der Waals surface area contributed by atoms with Gasteiger partial charge in [0.15, 0.2) is 0 Å². The zero-order valence-electron chi connectivity index (χ0n) is 6.69. The molecule has 13 heavy (non-hydrogen) atoms. The molecule has 1 aliphatic rings. The van der Waals surface area contributed by atoms with Crippen LogP contribution in [0.4, 0.5) is 11.5 Å². The Balaban J connectivity index is 2.62. The number of nitrogens with two attached hydrogens (primary N) is 1. The first-order valence-corrected chi connectivity index (χ1v) is 3.68. The van der Waals surface area contributed by atoms with Crippen LogP contribution in [-0.2, 0) is 18.0 Å². The Morgan fingerprint density at radius 1 is 1.54 bits per heavy atom. The molecule has 6 heteroatoms. The molecule has 6 nitrogen and oxygen atoms in total. The number of aromatic nitrogens is 1. The molecule has 1 aromatic rings. The summed E-state index contributed by atoms with van der Waals surface area (Å²) in [5, 5.41) is 10.5. The molecule has 0 aliphatic carbocycles. The molecule has 0 fully saturated rings. The summed E-state index contributed by atoms with van der Waals surface area (Å²) in [7, 11) is 0. The van der Waals surface area contributed by atoms with Gasteiger partial charge in [-0.3, -0.25) is 10.1 Å². The average Bonchev–Trinajstić information content (AvgIpc) is 2.53. The number of anilines is 1. The summed E-state index contributed by atoms with van der Waals surface area (Å²) in [6.45, 7) is 0.564. The molecule has 68 valence electrons. The molecule has 0 unspecified atom stereocenters. The quantitative estimate of drug-likeness (QED) is 0.506. The number of nitro groups is 1. The lowest BCUT2D eigenvalue weighted by Crippen LogP contribution is -2.01. The van der Waals surface area contributed by atoms with Gasteiger partial charge >= 0.3 is 0 Å². The first-order chi connectivity index (χ1) is 6.20. The fourth-order valence-electron chi connectivity index (χ4n) is 1.33. The van der Waals surface area contributed by atoms with E-state index in [1.807, 2.05) is 0 Å². The van der Waals surface area contributed by atoms with Crippen molar-refractivity contribution in [3.63, 3.8) is 0 Å². The number of hydrogen-bond donors (Lipinski definition) is 1. The molecule has 0 radical (unpaired) electrons. The average molecular weight is 181 g/mol. The van der Waals surface area contributed by atoms with E-state index in [4.69, 9.17) is 10.5 Å². The van der Waals surface area contributed by atoms with E-state index in [9.17, 15) is 10.1 Å². The molecular weight excluding hydrogens is 174 g/mol. The minimum Gasteiger partial charge on any atom is -0.383 e. The number of nitrogens with zero attached hydrogens (tertiary/aromatic N) is 2. The first-order valence-electron chi connectivity index (χ1n) is 3.68. The summed E-state index contributed by atoms with van der Waals surface area (Å²) < 4.78 is 5.06. The SMILES string of the molecule is Nc1ncc([N+](=O)[O-])c2c1COC2. The predicted octanol–water partition coefficient (Wildman–Crippen LogP) is 0.602. The van der Waals surface area contributed by atoms with Crippen LogP contribution in [0.25, 0.3) is 0 Å². The lowest BCUT2D eigenvalue weighted by molar-refractivity contribution is -0.386. The second-order valence-corrected chi connectivity index (χ2v) is 2.74. The van der Waals surface area contributed by atoms with Crippen molar-refractivity contribution in [2.24, 2.45) is 0 Å². The van der Waals surface area contributed by atoms with Crippen molar-refractivity contribution >= 4 is 11.5 Å². The number of rotatable bonds is 1. The van der Waals surface area contributed by atoms with Crippen molar-refractivity contribution in [2.75, 3.05) is 5.73 Å². The Labute approximate surface area is 73.5 Å². The highest BCUT2D eigenvalue weighted by Crippen LogP contribution is 2.30. The summed E-state index contributed by atoms with van der Waals surface area (Å²) in [5.74, 6) is 0.318. The van der Waals surface area contributed by atoms with Crippen molar-refractivity contribution in [1.29, 1.82) is 0 Å². The first kappa shape index (κ1) is 7.93. The molecule has 0 saturated heterocycles. The van der Waals surface area contributed by atoms with Gasteiger partial charge in [0.05, 0.1) is 23.7 Å². The fraction of sp³-hybridized carbons (Fsp3) is 0.286. The van der Waals surface area contributed by atoms with Crippen molar-refractivity contribution in [3.8, 4) is 0 Å². The second kappa shape index (κ2) is 2.67. The normalized spacial score (nSPS) is 14.2. The van der Waals surface area contributed by atoms with E-state index in [1.165, 1.54) is 6.20 Å². The van der Waals surface area contributed by atoms with E-state index in [-0.39, 0.29) is 12.3 Å². The number of fused-ring (bicyclic) bond motifs is 1. The van der Waals surface area contributed by atoms with Crippen molar-refractivity contribution in [1.82, 2.24) is 4.98 Å². The molecule has 0 spiro atoms. The van der Waals surface area contributed by atoms with E-state index in [2.05, 4.69) is 4.98 Å². The van der Waals surface area contributed by atoms with E-state index in [0.717, 1.165) is 0 Å². The standard InChI is InChI=1S/C7H7N3O3/c8-7-5-3-13-2-4(5)6(1-9-7)10(11)12/h1H,2-3H2,(H2,8,9). The van der Waals surface area contributed by atoms with Crippen LogP contribution in [0.2, 0.25) is 0 Å². The molecule has 0 saturated carbocycles. The Bertz CT molecular complexity index is 377. The van der Waals surface area contributed by atoms with E-state index in [0.29, 0.717) is 23.6 Å². The number of nitrogen functional groups attached to an aromatic ring is 1. The minimum atomic E-state index is -0.472. The predicted molar refractivity (Wildman–Crippen MR) is 43.8 cm³/mol. The lowest BCUT2D eigenvalue weighted by atomic mass is 10.1. The van der Waals surface area contributed by atoms with Crippen LogP contribution >= 0.6 is 0 Å². The van der Waals surface area contributed by atoms with Gasteiger partial charge in [-0.25, -0.2) is 4.98 Å². The van der Waals surface area contributed by atoms with Gasteiger partial charge in [-0.05, 0) is 0 Å². The van der Waals surface area contributed by atoms with Gasteiger partial charge in [-0.2, -0.15) is 0 Å². The second-order valence-electron chi connectivity index (χ2n) is 2.74. The van der Waals surface area contributed by atoms with E-state index in [1.54, 1.807) is 0 Å². The summed E-state index contributed by atoms with van der Waals surface area (Å²) >= 11 is 0. The van der Waals surface area contributed by atoms with E-state index < -0.39 is 4.92 Å². The Morgan fingerprint density at radius 3 is 2.92 bits per heavy atom. The molecule has 0 amide bonds. The molecule has 1 aliphatic heterocycles. The van der Waals surface area contributed by atoms with Crippen LogP contribution in [0.5, 0.6) is 0 Å². The van der Waals surface area contributed by atoms with Crippen LogP contribution < -0.4 is 5.73 Å². The Kier molecular flexibility index (Phi) is 1.63. The number of pyridine rings is 1. The van der Waals surface area contributed by atoms with Crippen molar-refractivity contribution in [3.05, 3.63) is 27.4 Å². The summed E-state index contributed by atoms with van der Waals surface area (Å²) in [5.41, 5.74) is 6.72. The van der Waals surface area contributed by atoms with Crippen LogP contribution in [0.15, 0.2) is 6.20 Å². The van der Waals surface area contributed by atoms with E-state index >= 15 is 0 Å². The van der Waals surface area contributed by atoms with Crippen LogP contribution in [-0.4, -0.2) is 9.91 Å². The highest BCUT2D eigenvalue weighted by atomic mass is 16.6. The molecular formula is C7H7N3O3. The fourth-order valence-corrected chi connectivity index (χ4v) is 1.33. The monoisotopic (exact) mass is 181 g/mol. The van der Waals surface area contributed by atoms with Gasteiger partial charge in [0.1, 0.15) is 12.0 Å². The maximum absolute atomic E-state index is 10.5. The topological polar surface area (TPSA) is 91.3 Å². The number of hydrogen-bond acceptors (Lipinski definition) is 5. The maximum Gasteiger partial charge on any atom is 0.293 e. The molecule has 0 atom stereocenters. The molecule has 2 N–H and O–H groups in total. The highest BCUT2D eigenvalue weighted by Gasteiger charge is 2.25. The van der Waals surface area contributed by atoms with Gasteiger partial charge < -0.3 is 10.5 Å². The van der Waals surface area contributed by atoms with Crippen LogP contribution in [0.1, 0.15) is 11.1 Å². The van der Waals surface area contributed by atoms with Crippen LogP contribution in [0, 0.1) is 10.1 Å².